The number of hydrogen-bond donors (Lipinski definition) is 0. The van der Waals surface area contributed by atoms with Gasteiger partial charge in [-0.25, -0.2) is 9.67 Å². The van der Waals surface area contributed by atoms with E-state index in [0.717, 1.165) is 36.4 Å². The number of thioether (sulfide) groups is 1. The second-order valence-corrected chi connectivity index (χ2v) is 6.87. The molecule has 2 aliphatic rings. The Morgan fingerprint density at radius 2 is 2.29 bits per heavy atom. The number of nitrogens with zero attached hydrogens (tertiary/aromatic N) is 3. The number of hydrogen-bond acceptors (Lipinski definition) is 3. The lowest BCUT2D eigenvalue weighted by molar-refractivity contribution is 0.367. The van der Waals surface area contributed by atoms with Crippen LogP contribution in [0.15, 0.2) is 0 Å². The minimum Gasteiger partial charge on any atom is -0.250 e. The molecule has 3 nitrogen and oxygen atoms in total. The monoisotopic (exact) mass is 251 g/mol. The summed E-state index contributed by atoms with van der Waals surface area (Å²) in [6, 6.07) is 0. The molecule has 0 radical (unpaired) electrons. The van der Waals surface area contributed by atoms with Crippen LogP contribution in [0, 0.1) is 5.92 Å². The quantitative estimate of drug-likeness (QED) is 0.809. The highest BCUT2D eigenvalue weighted by Crippen LogP contribution is 2.27. The first-order valence-corrected chi connectivity index (χ1v) is 7.90. The molecule has 0 aromatic carbocycles. The van der Waals surface area contributed by atoms with Gasteiger partial charge in [-0.1, -0.05) is 13.3 Å². The molecule has 2 unspecified atom stereocenters. The van der Waals surface area contributed by atoms with Gasteiger partial charge in [0.25, 0.3) is 0 Å². The van der Waals surface area contributed by atoms with Crippen LogP contribution in [0.1, 0.15) is 44.3 Å². The number of rotatable bonds is 2. The van der Waals surface area contributed by atoms with Crippen LogP contribution in [-0.2, 0) is 19.4 Å². The van der Waals surface area contributed by atoms with Crippen molar-refractivity contribution in [1.82, 2.24) is 14.8 Å². The van der Waals surface area contributed by atoms with Gasteiger partial charge in [0.15, 0.2) is 5.82 Å². The maximum Gasteiger partial charge on any atom is 0.152 e. The van der Waals surface area contributed by atoms with E-state index in [9.17, 15) is 0 Å². The predicted molar refractivity (Wildman–Crippen MR) is 71.3 cm³/mol. The molecular formula is C13H21N3S. The first-order valence-electron chi connectivity index (χ1n) is 6.85. The average Bonchev–Trinajstić information content (AvgIpc) is 2.71. The van der Waals surface area contributed by atoms with Gasteiger partial charge < -0.3 is 0 Å². The van der Waals surface area contributed by atoms with Crippen LogP contribution >= 0.6 is 11.8 Å². The van der Waals surface area contributed by atoms with E-state index < -0.39 is 0 Å². The molecule has 1 saturated heterocycles. The van der Waals surface area contributed by atoms with Crippen molar-refractivity contribution in [2.24, 2.45) is 5.92 Å². The maximum absolute atomic E-state index is 4.72. The Morgan fingerprint density at radius 1 is 1.35 bits per heavy atom. The summed E-state index contributed by atoms with van der Waals surface area (Å²) in [5, 5.41) is 5.46. The van der Waals surface area contributed by atoms with Crippen LogP contribution in [0.25, 0.3) is 0 Å². The summed E-state index contributed by atoms with van der Waals surface area (Å²) in [7, 11) is 0. The molecule has 0 spiro atoms. The third kappa shape index (κ3) is 2.67. The molecule has 1 fully saturated rings. The fourth-order valence-electron chi connectivity index (χ4n) is 2.78. The zero-order chi connectivity index (χ0) is 11.7. The SMILES string of the molecule is CC1CCc2nc(CC3CCCCS3)nn2C1. The Kier molecular flexibility index (Phi) is 3.41. The highest BCUT2D eigenvalue weighted by Gasteiger charge is 2.21. The Labute approximate surface area is 107 Å². The number of aromatic nitrogens is 3. The molecule has 1 aromatic rings. The summed E-state index contributed by atoms with van der Waals surface area (Å²) in [4.78, 5) is 4.72. The molecule has 4 heteroatoms. The Bertz CT molecular complexity index is 382. The van der Waals surface area contributed by atoms with Crippen molar-refractivity contribution in [3.63, 3.8) is 0 Å². The van der Waals surface area contributed by atoms with Crippen LogP contribution in [-0.4, -0.2) is 25.8 Å². The molecule has 0 bridgehead atoms. The van der Waals surface area contributed by atoms with Gasteiger partial charge in [-0.2, -0.15) is 16.9 Å². The molecule has 94 valence electrons. The zero-order valence-electron chi connectivity index (χ0n) is 10.6. The second kappa shape index (κ2) is 5.01. The minimum absolute atomic E-state index is 0.765. The van der Waals surface area contributed by atoms with E-state index in [4.69, 9.17) is 4.98 Å². The van der Waals surface area contributed by atoms with Gasteiger partial charge in [0, 0.05) is 24.6 Å². The Morgan fingerprint density at radius 3 is 3.12 bits per heavy atom. The largest absolute Gasteiger partial charge is 0.250 e. The highest BCUT2D eigenvalue weighted by molar-refractivity contribution is 7.99. The van der Waals surface area contributed by atoms with Crippen molar-refractivity contribution in [1.29, 1.82) is 0 Å². The lowest BCUT2D eigenvalue weighted by Crippen LogP contribution is -2.19. The van der Waals surface area contributed by atoms with Crippen LogP contribution in [0.5, 0.6) is 0 Å². The first kappa shape index (κ1) is 11.6. The van der Waals surface area contributed by atoms with Gasteiger partial charge in [0.2, 0.25) is 0 Å². The third-order valence-corrected chi connectivity index (χ3v) is 5.22. The fourth-order valence-corrected chi connectivity index (χ4v) is 4.08. The Balaban J connectivity index is 1.67. The summed E-state index contributed by atoms with van der Waals surface area (Å²) < 4.78 is 2.15. The molecule has 0 saturated carbocycles. The standard InChI is InChI=1S/C13H21N3S/c1-10-5-6-13-14-12(15-16(13)9-10)8-11-4-2-3-7-17-11/h10-11H,2-9H2,1H3. The summed E-state index contributed by atoms with van der Waals surface area (Å²) in [6.07, 6.45) is 7.61. The molecule has 0 aliphatic carbocycles. The van der Waals surface area contributed by atoms with Gasteiger partial charge in [-0.15, -0.1) is 0 Å². The molecule has 0 N–H and O–H groups in total. The van der Waals surface area contributed by atoms with Crippen molar-refractivity contribution in [2.75, 3.05) is 5.75 Å². The number of fused-ring (bicyclic) bond motifs is 1. The van der Waals surface area contributed by atoms with Gasteiger partial charge in [-0.05, 0) is 30.9 Å². The molecular weight excluding hydrogens is 230 g/mol. The molecule has 0 amide bonds. The van der Waals surface area contributed by atoms with Crippen LogP contribution in [0.2, 0.25) is 0 Å². The van der Waals surface area contributed by atoms with Crippen molar-refractivity contribution in [2.45, 2.75) is 57.2 Å². The third-order valence-electron chi connectivity index (χ3n) is 3.82. The van der Waals surface area contributed by atoms with Crippen molar-refractivity contribution < 1.29 is 0 Å². The van der Waals surface area contributed by atoms with Gasteiger partial charge in [-0.3, -0.25) is 0 Å². The van der Waals surface area contributed by atoms with E-state index in [1.54, 1.807) is 0 Å². The topological polar surface area (TPSA) is 30.7 Å². The van der Waals surface area contributed by atoms with E-state index in [1.165, 1.54) is 37.3 Å². The average molecular weight is 251 g/mol. The smallest absolute Gasteiger partial charge is 0.152 e. The summed E-state index contributed by atoms with van der Waals surface area (Å²) in [5.41, 5.74) is 0. The fraction of sp³-hybridized carbons (Fsp3) is 0.846. The highest BCUT2D eigenvalue weighted by atomic mass is 32.2. The van der Waals surface area contributed by atoms with E-state index in [1.807, 2.05) is 0 Å². The maximum atomic E-state index is 4.72. The first-order chi connectivity index (χ1) is 8.31. The van der Waals surface area contributed by atoms with Crippen LogP contribution in [0.3, 0.4) is 0 Å². The normalized spacial score (nSPS) is 29.0. The van der Waals surface area contributed by atoms with E-state index >= 15 is 0 Å². The molecule has 2 atom stereocenters. The van der Waals surface area contributed by atoms with Crippen molar-refractivity contribution in [3.05, 3.63) is 11.6 Å². The van der Waals surface area contributed by atoms with Crippen LogP contribution < -0.4 is 0 Å². The number of aryl methyl sites for hydroxylation is 1. The van der Waals surface area contributed by atoms with Gasteiger partial charge in [0.1, 0.15) is 5.82 Å². The molecule has 3 rings (SSSR count). The minimum atomic E-state index is 0.765. The Hall–Kier alpha value is -0.510. The van der Waals surface area contributed by atoms with Crippen molar-refractivity contribution in [3.8, 4) is 0 Å². The van der Waals surface area contributed by atoms with E-state index in [2.05, 4.69) is 28.5 Å². The summed E-state index contributed by atoms with van der Waals surface area (Å²) >= 11 is 2.12. The summed E-state index contributed by atoms with van der Waals surface area (Å²) in [6.45, 7) is 3.38. The zero-order valence-corrected chi connectivity index (χ0v) is 11.4. The predicted octanol–water partition coefficient (Wildman–Crippen LogP) is 2.69. The van der Waals surface area contributed by atoms with Gasteiger partial charge in [0.05, 0.1) is 0 Å². The molecule has 3 heterocycles. The second-order valence-electron chi connectivity index (χ2n) is 5.46. The van der Waals surface area contributed by atoms with Crippen molar-refractivity contribution >= 4 is 11.8 Å². The molecule has 17 heavy (non-hydrogen) atoms. The molecule has 2 aliphatic heterocycles. The van der Waals surface area contributed by atoms with Gasteiger partial charge >= 0.3 is 0 Å². The lowest BCUT2D eigenvalue weighted by Gasteiger charge is -2.19. The van der Waals surface area contributed by atoms with E-state index in [-0.39, 0.29) is 0 Å². The lowest BCUT2D eigenvalue weighted by atomic mass is 10.0. The van der Waals surface area contributed by atoms with Crippen LogP contribution in [0.4, 0.5) is 0 Å². The summed E-state index contributed by atoms with van der Waals surface area (Å²) in [5.74, 6) is 4.41. The van der Waals surface area contributed by atoms with E-state index in [0.29, 0.717) is 0 Å². The molecule has 1 aromatic heterocycles.